The molecule has 0 unspecified atom stereocenters. The monoisotopic (exact) mass is 187 g/mol. The summed E-state index contributed by atoms with van der Waals surface area (Å²) in [6.45, 7) is 6.07. The van der Waals surface area contributed by atoms with E-state index in [2.05, 4.69) is 22.2 Å². The lowest BCUT2D eigenvalue weighted by Crippen LogP contribution is -1.99. The Bertz CT molecular complexity index is 457. The van der Waals surface area contributed by atoms with E-state index in [1.54, 1.807) is 0 Å². The van der Waals surface area contributed by atoms with Crippen LogP contribution in [-0.2, 0) is 0 Å². The zero-order valence-electron chi connectivity index (χ0n) is 8.65. The standard InChI is InChI=1S/C11H13N3/c1-8-4-11(7-12-6-8)14-10(3)5-9(2)13-14/h4-7H,1-3H3. The Labute approximate surface area is 83.4 Å². The first-order chi connectivity index (χ1) is 6.66. The molecule has 0 radical (unpaired) electrons. The third-order valence-electron chi connectivity index (χ3n) is 2.11. The highest BCUT2D eigenvalue weighted by Gasteiger charge is 2.03. The molecule has 2 heterocycles. The first-order valence-corrected chi connectivity index (χ1v) is 4.62. The molecule has 0 saturated carbocycles. The third-order valence-corrected chi connectivity index (χ3v) is 2.11. The van der Waals surface area contributed by atoms with Crippen molar-refractivity contribution < 1.29 is 0 Å². The predicted octanol–water partition coefficient (Wildman–Crippen LogP) is 2.19. The minimum absolute atomic E-state index is 1.02. The van der Waals surface area contributed by atoms with Gasteiger partial charge in [0.2, 0.25) is 0 Å². The van der Waals surface area contributed by atoms with Crippen molar-refractivity contribution >= 4 is 0 Å². The van der Waals surface area contributed by atoms with Crippen LogP contribution in [-0.4, -0.2) is 14.8 Å². The first kappa shape index (κ1) is 8.94. The van der Waals surface area contributed by atoms with Gasteiger partial charge in [-0.05, 0) is 38.5 Å². The summed E-state index contributed by atoms with van der Waals surface area (Å²) in [5.41, 5.74) is 4.34. The van der Waals surface area contributed by atoms with Crippen LogP contribution in [0.5, 0.6) is 0 Å². The summed E-state index contributed by atoms with van der Waals surface area (Å²) in [4.78, 5) is 4.15. The maximum Gasteiger partial charge on any atom is 0.0834 e. The number of hydrogen-bond acceptors (Lipinski definition) is 2. The molecule has 0 atom stereocenters. The molecule has 3 heteroatoms. The number of aromatic nitrogens is 3. The van der Waals surface area contributed by atoms with Gasteiger partial charge in [-0.15, -0.1) is 0 Å². The van der Waals surface area contributed by atoms with Gasteiger partial charge in [0.05, 0.1) is 17.6 Å². The highest BCUT2D eigenvalue weighted by atomic mass is 15.3. The summed E-state index contributed by atoms with van der Waals surface area (Å²) in [7, 11) is 0. The minimum atomic E-state index is 1.02. The quantitative estimate of drug-likeness (QED) is 0.685. The normalized spacial score (nSPS) is 10.5. The fraction of sp³-hybridized carbons (Fsp3) is 0.273. The summed E-state index contributed by atoms with van der Waals surface area (Å²) in [6, 6.07) is 4.13. The molecule has 0 aliphatic rings. The van der Waals surface area contributed by atoms with E-state index in [0.717, 1.165) is 22.6 Å². The molecule has 2 rings (SSSR count). The Morgan fingerprint density at radius 2 is 1.86 bits per heavy atom. The fourth-order valence-electron chi connectivity index (χ4n) is 1.55. The number of rotatable bonds is 1. The van der Waals surface area contributed by atoms with Gasteiger partial charge in [0.25, 0.3) is 0 Å². The van der Waals surface area contributed by atoms with Crippen LogP contribution in [0.15, 0.2) is 24.5 Å². The lowest BCUT2D eigenvalue weighted by Gasteiger charge is -2.03. The van der Waals surface area contributed by atoms with Crippen LogP contribution in [0.4, 0.5) is 0 Å². The fourth-order valence-corrected chi connectivity index (χ4v) is 1.55. The second-order valence-electron chi connectivity index (χ2n) is 3.56. The van der Waals surface area contributed by atoms with Gasteiger partial charge in [0, 0.05) is 11.9 Å². The summed E-state index contributed by atoms with van der Waals surface area (Å²) in [5, 5.41) is 4.40. The molecule has 0 N–H and O–H groups in total. The second kappa shape index (κ2) is 3.25. The molecule has 0 aliphatic carbocycles. The van der Waals surface area contributed by atoms with Crippen molar-refractivity contribution in [3.05, 3.63) is 41.5 Å². The van der Waals surface area contributed by atoms with E-state index >= 15 is 0 Å². The minimum Gasteiger partial charge on any atom is -0.262 e. The smallest absolute Gasteiger partial charge is 0.0834 e. The molecule has 2 aromatic rings. The van der Waals surface area contributed by atoms with E-state index in [9.17, 15) is 0 Å². The van der Waals surface area contributed by atoms with Crippen molar-refractivity contribution in [3.63, 3.8) is 0 Å². The predicted molar refractivity (Wildman–Crippen MR) is 55.6 cm³/mol. The molecule has 14 heavy (non-hydrogen) atoms. The van der Waals surface area contributed by atoms with Crippen LogP contribution in [0.2, 0.25) is 0 Å². The third kappa shape index (κ3) is 1.53. The molecule has 72 valence electrons. The van der Waals surface area contributed by atoms with E-state index in [1.165, 1.54) is 0 Å². The lowest BCUT2D eigenvalue weighted by molar-refractivity contribution is 0.827. The number of pyridine rings is 1. The molecule has 0 spiro atoms. The SMILES string of the molecule is Cc1cncc(-n2nc(C)cc2C)c1. The molecule has 3 nitrogen and oxygen atoms in total. The lowest BCUT2D eigenvalue weighted by atomic mass is 10.3. The highest BCUT2D eigenvalue weighted by molar-refractivity contribution is 5.33. The largest absolute Gasteiger partial charge is 0.262 e. The number of aryl methyl sites for hydroxylation is 3. The van der Waals surface area contributed by atoms with Crippen molar-refractivity contribution in [2.75, 3.05) is 0 Å². The molecule has 0 saturated heterocycles. The Morgan fingerprint density at radius 1 is 1.07 bits per heavy atom. The Balaban J connectivity index is 2.54. The van der Waals surface area contributed by atoms with Gasteiger partial charge in [-0.2, -0.15) is 5.10 Å². The summed E-state index contributed by atoms with van der Waals surface area (Å²) in [6.07, 6.45) is 3.67. The average Bonchev–Trinajstić information content (AvgIpc) is 2.45. The van der Waals surface area contributed by atoms with Gasteiger partial charge in [-0.3, -0.25) is 4.98 Å². The van der Waals surface area contributed by atoms with E-state index < -0.39 is 0 Å². The van der Waals surface area contributed by atoms with E-state index in [-0.39, 0.29) is 0 Å². The highest BCUT2D eigenvalue weighted by Crippen LogP contribution is 2.11. The van der Waals surface area contributed by atoms with Crippen LogP contribution >= 0.6 is 0 Å². The summed E-state index contributed by atoms with van der Waals surface area (Å²) in [5.74, 6) is 0. The molecule has 2 aromatic heterocycles. The van der Waals surface area contributed by atoms with E-state index in [1.807, 2.05) is 37.8 Å². The van der Waals surface area contributed by atoms with Crippen molar-refractivity contribution in [2.24, 2.45) is 0 Å². The Morgan fingerprint density at radius 3 is 2.43 bits per heavy atom. The molecule has 0 aromatic carbocycles. The van der Waals surface area contributed by atoms with Gasteiger partial charge in [0.1, 0.15) is 0 Å². The van der Waals surface area contributed by atoms with Gasteiger partial charge >= 0.3 is 0 Å². The maximum atomic E-state index is 4.40. The van der Waals surface area contributed by atoms with Gasteiger partial charge < -0.3 is 0 Å². The van der Waals surface area contributed by atoms with Gasteiger partial charge in [-0.1, -0.05) is 0 Å². The van der Waals surface area contributed by atoms with Crippen molar-refractivity contribution in [1.82, 2.24) is 14.8 Å². The number of nitrogens with zero attached hydrogens (tertiary/aromatic N) is 3. The van der Waals surface area contributed by atoms with Crippen LogP contribution in [0.3, 0.4) is 0 Å². The molecule has 0 amide bonds. The topological polar surface area (TPSA) is 30.7 Å². The van der Waals surface area contributed by atoms with Crippen LogP contribution in [0.1, 0.15) is 17.0 Å². The molecular weight excluding hydrogens is 174 g/mol. The van der Waals surface area contributed by atoms with Crippen molar-refractivity contribution in [2.45, 2.75) is 20.8 Å². The second-order valence-corrected chi connectivity index (χ2v) is 3.56. The Hall–Kier alpha value is -1.64. The average molecular weight is 187 g/mol. The molecule has 0 fully saturated rings. The zero-order chi connectivity index (χ0) is 10.1. The van der Waals surface area contributed by atoms with Crippen LogP contribution in [0.25, 0.3) is 5.69 Å². The van der Waals surface area contributed by atoms with E-state index in [4.69, 9.17) is 0 Å². The Kier molecular flexibility index (Phi) is 2.08. The van der Waals surface area contributed by atoms with Crippen molar-refractivity contribution in [1.29, 1.82) is 0 Å². The molecular formula is C11H13N3. The van der Waals surface area contributed by atoms with Gasteiger partial charge in [-0.25, -0.2) is 4.68 Å². The van der Waals surface area contributed by atoms with Gasteiger partial charge in [0.15, 0.2) is 0 Å². The summed E-state index contributed by atoms with van der Waals surface area (Å²) < 4.78 is 1.91. The van der Waals surface area contributed by atoms with Crippen LogP contribution < -0.4 is 0 Å². The maximum absolute atomic E-state index is 4.40. The molecule has 0 aliphatic heterocycles. The van der Waals surface area contributed by atoms with E-state index in [0.29, 0.717) is 0 Å². The molecule has 0 bridgehead atoms. The van der Waals surface area contributed by atoms with Crippen LogP contribution in [0, 0.1) is 20.8 Å². The number of hydrogen-bond donors (Lipinski definition) is 0. The zero-order valence-corrected chi connectivity index (χ0v) is 8.65. The summed E-state index contributed by atoms with van der Waals surface area (Å²) >= 11 is 0. The first-order valence-electron chi connectivity index (χ1n) is 4.62. The van der Waals surface area contributed by atoms with Crippen molar-refractivity contribution in [3.8, 4) is 5.69 Å².